The van der Waals surface area contributed by atoms with Gasteiger partial charge in [-0.05, 0) is 6.07 Å². The molecule has 0 bridgehead atoms. The third-order valence-electron chi connectivity index (χ3n) is 1.67. The maximum Gasteiger partial charge on any atom is 0.172 e. The fraction of sp³-hybridized carbons (Fsp3) is 0.125. The van der Waals surface area contributed by atoms with Gasteiger partial charge >= 0.3 is 0 Å². The fourth-order valence-electron chi connectivity index (χ4n) is 1.06. The summed E-state index contributed by atoms with van der Waals surface area (Å²) < 4.78 is 0. The van der Waals surface area contributed by atoms with Crippen LogP contribution in [0, 0.1) is 0 Å². The molecule has 0 saturated heterocycles. The highest BCUT2D eigenvalue weighted by molar-refractivity contribution is 6.33. The van der Waals surface area contributed by atoms with Crippen molar-refractivity contribution in [1.82, 2.24) is 0 Å². The lowest BCUT2D eigenvalue weighted by Crippen LogP contribution is -1.85. The average Bonchev–Trinajstić information content (AvgIpc) is 2.49. The summed E-state index contributed by atoms with van der Waals surface area (Å²) in [7, 11) is 0. The summed E-state index contributed by atoms with van der Waals surface area (Å²) in [6.45, 7) is 0.368. The maximum atomic E-state index is 10.5. The van der Waals surface area contributed by atoms with E-state index in [1.165, 1.54) is 0 Å². The summed E-state index contributed by atoms with van der Waals surface area (Å²) in [5.74, 6) is 0.589. The maximum absolute atomic E-state index is 10.5. The Morgan fingerprint density at radius 1 is 1.50 bits per heavy atom. The largest absolute Gasteiger partial charge is 0.337 e. The van der Waals surface area contributed by atoms with Crippen LogP contribution >= 0.6 is 11.6 Å². The molecule has 1 aliphatic heterocycles. The molecule has 0 unspecified atom stereocenters. The minimum absolute atomic E-state index is 0.368. The van der Waals surface area contributed by atoms with Crippen LogP contribution in [0.4, 0.5) is 0 Å². The lowest BCUT2D eigenvalue weighted by atomic mass is 10.1. The molecule has 0 fully saturated rings. The van der Waals surface area contributed by atoms with Gasteiger partial charge in [-0.2, -0.15) is 4.89 Å². The van der Waals surface area contributed by atoms with E-state index in [9.17, 15) is 4.79 Å². The van der Waals surface area contributed by atoms with Gasteiger partial charge in [0, 0.05) is 17.2 Å². The molecule has 3 nitrogen and oxygen atoms in total. The summed E-state index contributed by atoms with van der Waals surface area (Å²) in [6.07, 6.45) is 0.709. The van der Waals surface area contributed by atoms with Gasteiger partial charge < -0.3 is 4.89 Å². The van der Waals surface area contributed by atoms with Gasteiger partial charge in [-0.3, -0.25) is 4.79 Å². The number of hydrogen-bond donors (Lipinski definition) is 0. The number of rotatable bonds is 1. The number of halogens is 1. The van der Waals surface area contributed by atoms with Gasteiger partial charge in [0.05, 0.1) is 5.02 Å². The Bertz CT molecular complexity index is 335. The number of benzene rings is 1. The van der Waals surface area contributed by atoms with Crippen LogP contribution in [0.25, 0.3) is 0 Å². The quantitative estimate of drug-likeness (QED) is 0.495. The highest BCUT2D eigenvalue weighted by Crippen LogP contribution is 2.31. The molecule has 0 atom stereocenters. The Morgan fingerprint density at radius 2 is 2.33 bits per heavy atom. The molecule has 0 radical (unpaired) electrons. The van der Waals surface area contributed by atoms with E-state index >= 15 is 0 Å². The molecule has 0 spiro atoms. The average molecular weight is 185 g/mol. The van der Waals surface area contributed by atoms with E-state index < -0.39 is 0 Å². The van der Waals surface area contributed by atoms with Crippen molar-refractivity contribution < 1.29 is 14.6 Å². The second-order valence-corrected chi connectivity index (χ2v) is 2.85. The van der Waals surface area contributed by atoms with Crippen molar-refractivity contribution in [2.75, 3.05) is 0 Å². The molecule has 4 heteroatoms. The summed E-state index contributed by atoms with van der Waals surface area (Å²) in [5.41, 5.74) is 1.31. The summed E-state index contributed by atoms with van der Waals surface area (Å²) in [5, 5.41) is 0.384. The number of carbonyl (C=O) groups excluding carboxylic acids is 1. The highest BCUT2D eigenvalue weighted by atomic mass is 35.5. The Kier molecular flexibility index (Phi) is 1.75. The SMILES string of the molecule is O=Cc1cc2c(cc1Cl)OOC2. The van der Waals surface area contributed by atoms with Crippen molar-refractivity contribution in [2.24, 2.45) is 0 Å². The molecule has 12 heavy (non-hydrogen) atoms. The standard InChI is InChI=1S/C8H5ClO3/c9-7-2-8-6(4-11-12-8)1-5(7)3-10/h1-3H,4H2. The second kappa shape index (κ2) is 2.77. The van der Waals surface area contributed by atoms with Crippen molar-refractivity contribution in [3.8, 4) is 5.75 Å². The molecule has 0 saturated carbocycles. The van der Waals surface area contributed by atoms with Gasteiger partial charge in [-0.25, -0.2) is 0 Å². The molecule has 1 aromatic rings. The van der Waals surface area contributed by atoms with Crippen molar-refractivity contribution in [3.63, 3.8) is 0 Å². The van der Waals surface area contributed by atoms with Crippen LogP contribution in [-0.2, 0) is 11.5 Å². The molecule has 0 N–H and O–H groups in total. The van der Waals surface area contributed by atoms with Crippen LogP contribution in [-0.4, -0.2) is 6.29 Å². The molecule has 0 amide bonds. The molecule has 0 aliphatic carbocycles. The Balaban J connectivity index is 2.56. The predicted octanol–water partition coefficient (Wildman–Crippen LogP) is 1.98. The van der Waals surface area contributed by atoms with E-state index in [1.807, 2.05) is 0 Å². The zero-order chi connectivity index (χ0) is 8.55. The first-order chi connectivity index (χ1) is 5.81. The summed E-state index contributed by atoms with van der Waals surface area (Å²) >= 11 is 5.74. The normalized spacial score (nSPS) is 13.8. The lowest BCUT2D eigenvalue weighted by Gasteiger charge is -1.97. The van der Waals surface area contributed by atoms with Crippen LogP contribution in [0.15, 0.2) is 12.1 Å². The Hall–Kier alpha value is -1.06. The second-order valence-electron chi connectivity index (χ2n) is 2.44. The van der Waals surface area contributed by atoms with Crippen molar-refractivity contribution in [3.05, 3.63) is 28.3 Å². The molecular weight excluding hydrogens is 180 g/mol. The molecule has 0 aromatic heterocycles. The zero-order valence-corrected chi connectivity index (χ0v) is 6.80. The molecule has 2 rings (SSSR count). The molecule has 1 heterocycles. The van der Waals surface area contributed by atoms with Crippen molar-refractivity contribution >= 4 is 17.9 Å². The van der Waals surface area contributed by atoms with Crippen molar-refractivity contribution in [2.45, 2.75) is 6.61 Å². The number of carbonyl (C=O) groups is 1. The predicted molar refractivity (Wildman–Crippen MR) is 42.3 cm³/mol. The minimum Gasteiger partial charge on any atom is -0.337 e. The minimum atomic E-state index is 0.368. The molecule has 1 aromatic carbocycles. The highest BCUT2D eigenvalue weighted by Gasteiger charge is 2.16. The number of aldehydes is 1. The zero-order valence-electron chi connectivity index (χ0n) is 6.04. The van der Waals surface area contributed by atoms with E-state index in [1.54, 1.807) is 12.1 Å². The van der Waals surface area contributed by atoms with Crippen LogP contribution in [0.1, 0.15) is 15.9 Å². The molecule has 1 aliphatic rings. The Morgan fingerprint density at radius 3 is 3.08 bits per heavy atom. The third-order valence-corrected chi connectivity index (χ3v) is 2.00. The van der Waals surface area contributed by atoms with Crippen LogP contribution < -0.4 is 4.89 Å². The van der Waals surface area contributed by atoms with Gasteiger partial charge in [0.25, 0.3) is 0 Å². The summed E-state index contributed by atoms with van der Waals surface area (Å²) in [4.78, 5) is 19.9. The first kappa shape index (κ1) is 7.58. The van der Waals surface area contributed by atoms with E-state index in [4.69, 9.17) is 21.4 Å². The van der Waals surface area contributed by atoms with E-state index in [2.05, 4.69) is 0 Å². The number of fused-ring (bicyclic) bond motifs is 1. The first-order valence-corrected chi connectivity index (χ1v) is 3.76. The monoisotopic (exact) mass is 184 g/mol. The van der Waals surface area contributed by atoms with E-state index in [-0.39, 0.29) is 0 Å². The van der Waals surface area contributed by atoms with Crippen molar-refractivity contribution in [1.29, 1.82) is 0 Å². The fourth-order valence-corrected chi connectivity index (χ4v) is 1.25. The van der Waals surface area contributed by atoms with Gasteiger partial charge in [-0.15, -0.1) is 0 Å². The molecular formula is C8H5ClO3. The Labute approximate surface area is 73.8 Å². The third kappa shape index (κ3) is 1.07. The smallest absolute Gasteiger partial charge is 0.172 e. The summed E-state index contributed by atoms with van der Waals surface area (Å²) in [6, 6.07) is 3.24. The van der Waals surface area contributed by atoms with E-state index in [0.717, 1.165) is 5.56 Å². The topological polar surface area (TPSA) is 35.5 Å². The number of hydrogen-bond acceptors (Lipinski definition) is 3. The van der Waals surface area contributed by atoms with Gasteiger partial charge in [0.1, 0.15) is 6.61 Å². The first-order valence-electron chi connectivity index (χ1n) is 3.38. The molecule has 62 valence electrons. The van der Waals surface area contributed by atoms with Crippen LogP contribution in [0.2, 0.25) is 5.02 Å². The van der Waals surface area contributed by atoms with Gasteiger partial charge in [0.15, 0.2) is 12.0 Å². The van der Waals surface area contributed by atoms with Gasteiger partial charge in [0.2, 0.25) is 0 Å². The van der Waals surface area contributed by atoms with Gasteiger partial charge in [-0.1, -0.05) is 11.6 Å². The van der Waals surface area contributed by atoms with Crippen LogP contribution in [0.5, 0.6) is 5.75 Å². The lowest BCUT2D eigenvalue weighted by molar-refractivity contribution is -0.194. The van der Waals surface area contributed by atoms with E-state index in [0.29, 0.717) is 29.2 Å². The van der Waals surface area contributed by atoms with Crippen LogP contribution in [0.3, 0.4) is 0 Å².